The molecular weight excluding hydrogens is 554 g/mol. The smallest absolute Gasteiger partial charge is 0.192 e. The second-order valence-electron chi connectivity index (χ2n) is 9.56. The number of ether oxygens (including phenoxy) is 2. The van der Waals surface area contributed by atoms with Gasteiger partial charge in [-0.05, 0) is 104 Å². The van der Waals surface area contributed by atoms with E-state index in [0.29, 0.717) is 11.8 Å². The topological polar surface area (TPSA) is 91.3 Å². The Morgan fingerprint density at radius 2 is 1.32 bits per heavy atom. The molecule has 7 nitrogen and oxygen atoms in total. The fourth-order valence-corrected chi connectivity index (χ4v) is 5.53. The summed E-state index contributed by atoms with van der Waals surface area (Å²) in [5.74, 6) is 1.60. The standard InChI is InChI=1S/C17H20N2O3S.C11H14BrNO/c1-23(20,21)16-10-9-13(12-19-16)17-15(8-5-11-18-17)22-14-6-3-2-4-7-14;12-11-10(7-4-8-13-11)14-9-5-2-1-3-6-9/h5,8-12,14H,2-4,6-7H2,1H3;4,7-9H,1-3,5-6H2. The van der Waals surface area contributed by atoms with Crippen molar-refractivity contribution in [1.29, 1.82) is 0 Å². The summed E-state index contributed by atoms with van der Waals surface area (Å²) in [5.41, 5.74) is 1.45. The van der Waals surface area contributed by atoms with Crippen molar-refractivity contribution in [3.05, 3.63) is 59.6 Å². The van der Waals surface area contributed by atoms with Gasteiger partial charge in [-0.15, -0.1) is 0 Å². The quantitative estimate of drug-likeness (QED) is 0.292. The molecule has 0 amide bonds. The Morgan fingerprint density at radius 3 is 1.86 bits per heavy atom. The first-order chi connectivity index (χ1) is 17.9. The van der Waals surface area contributed by atoms with Crippen molar-refractivity contribution in [3.8, 4) is 22.8 Å². The van der Waals surface area contributed by atoms with Gasteiger partial charge < -0.3 is 9.47 Å². The van der Waals surface area contributed by atoms with Gasteiger partial charge in [0.1, 0.15) is 16.0 Å². The van der Waals surface area contributed by atoms with E-state index in [0.717, 1.165) is 40.8 Å². The SMILES string of the molecule is Brc1ncccc1OC1CCCCC1.CS(=O)(=O)c1ccc(-c2ncccc2OC2CCCCC2)cn1. The average Bonchev–Trinajstić information content (AvgIpc) is 2.92. The predicted molar refractivity (Wildman–Crippen MR) is 148 cm³/mol. The number of nitrogens with zero attached hydrogens (tertiary/aromatic N) is 3. The molecule has 2 saturated carbocycles. The summed E-state index contributed by atoms with van der Waals surface area (Å²) >= 11 is 3.39. The zero-order valence-electron chi connectivity index (χ0n) is 21.2. The molecule has 37 heavy (non-hydrogen) atoms. The average molecular weight is 589 g/mol. The third kappa shape index (κ3) is 8.23. The first-order valence-corrected chi connectivity index (χ1v) is 15.6. The molecule has 3 heterocycles. The number of hydrogen-bond donors (Lipinski definition) is 0. The van der Waals surface area contributed by atoms with Gasteiger partial charge in [0.25, 0.3) is 0 Å². The summed E-state index contributed by atoms with van der Waals surface area (Å²) in [7, 11) is -3.30. The Morgan fingerprint density at radius 1 is 0.757 bits per heavy atom. The second-order valence-corrected chi connectivity index (χ2v) is 12.3. The van der Waals surface area contributed by atoms with Crippen LogP contribution in [0.25, 0.3) is 11.3 Å². The second kappa shape index (κ2) is 13.3. The highest BCUT2D eigenvalue weighted by molar-refractivity contribution is 9.10. The Labute approximate surface area is 228 Å². The number of sulfone groups is 1. The van der Waals surface area contributed by atoms with Crippen LogP contribution >= 0.6 is 15.9 Å². The fourth-order valence-electron chi connectivity index (χ4n) is 4.63. The summed E-state index contributed by atoms with van der Waals surface area (Å²) in [6.45, 7) is 0. The minimum absolute atomic E-state index is 0.0620. The van der Waals surface area contributed by atoms with Crippen molar-refractivity contribution in [2.45, 2.75) is 81.4 Å². The number of rotatable bonds is 6. The van der Waals surface area contributed by atoms with Crippen LogP contribution in [-0.4, -0.2) is 41.8 Å². The van der Waals surface area contributed by atoms with Crippen molar-refractivity contribution in [2.75, 3.05) is 6.26 Å². The first-order valence-electron chi connectivity index (χ1n) is 13.0. The minimum atomic E-state index is -3.30. The molecule has 0 unspecified atom stereocenters. The highest BCUT2D eigenvalue weighted by atomic mass is 79.9. The van der Waals surface area contributed by atoms with Gasteiger partial charge in [-0.25, -0.2) is 18.4 Å². The van der Waals surface area contributed by atoms with Gasteiger partial charge in [0, 0.05) is 30.4 Å². The lowest BCUT2D eigenvalue weighted by Gasteiger charge is -2.23. The molecule has 2 aliphatic carbocycles. The van der Waals surface area contributed by atoms with E-state index in [9.17, 15) is 8.42 Å². The van der Waals surface area contributed by atoms with Crippen molar-refractivity contribution in [1.82, 2.24) is 15.0 Å². The molecule has 0 saturated heterocycles. The van der Waals surface area contributed by atoms with E-state index in [1.807, 2.05) is 24.3 Å². The number of pyridine rings is 3. The zero-order valence-corrected chi connectivity index (χ0v) is 23.6. The number of hydrogen-bond acceptors (Lipinski definition) is 7. The van der Waals surface area contributed by atoms with Gasteiger partial charge in [-0.2, -0.15) is 0 Å². The van der Waals surface area contributed by atoms with E-state index in [4.69, 9.17) is 9.47 Å². The summed E-state index contributed by atoms with van der Waals surface area (Å²) in [5, 5.41) is 0.0620. The van der Waals surface area contributed by atoms with Crippen LogP contribution in [0.2, 0.25) is 0 Å². The third-order valence-corrected chi connectivity index (χ3v) is 8.17. The largest absolute Gasteiger partial charge is 0.488 e. The van der Waals surface area contributed by atoms with Gasteiger partial charge in [0.05, 0.1) is 12.2 Å². The molecule has 2 fully saturated rings. The van der Waals surface area contributed by atoms with Gasteiger partial charge >= 0.3 is 0 Å². The van der Waals surface area contributed by atoms with E-state index in [1.54, 1.807) is 18.5 Å². The lowest BCUT2D eigenvalue weighted by molar-refractivity contribution is 0.153. The molecule has 0 spiro atoms. The Balaban J connectivity index is 0.000000195. The van der Waals surface area contributed by atoms with E-state index in [-0.39, 0.29) is 11.1 Å². The lowest BCUT2D eigenvalue weighted by Crippen LogP contribution is -2.20. The van der Waals surface area contributed by atoms with Crippen LogP contribution in [0.1, 0.15) is 64.2 Å². The Bertz CT molecular complexity index is 1240. The van der Waals surface area contributed by atoms with Crippen LogP contribution < -0.4 is 9.47 Å². The predicted octanol–water partition coefficient (Wildman–Crippen LogP) is 6.81. The molecule has 0 aromatic carbocycles. The van der Waals surface area contributed by atoms with Crippen molar-refractivity contribution in [3.63, 3.8) is 0 Å². The summed E-state index contributed by atoms with van der Waals surface area (Å²) < 4.78 is 35.8. The minimum Gasteiger partial charge on any atom is -0.488 e. The van der Waals surface area contributed by atoms with Crippen molar-refractivity contribution < 1.29 is 17.9 Å². The molecule has 198 valence electrons. The summed E-state index contributed by atoms with van der Waals surface area (Å²) in [6, 6.07) is 10.8. The van der Waals surface area contributed by atoms with E-state index in [2.05, 4.69) is 30.9 Å². The van der Waals surface area contributed by atoms with E-state index in [1.165, 1.54) is 63.6 Å². The highest BCUT2D eigenvalue weighted by Crippen LogP contribution is 2.31. The van der Waals surface area contributed by atoms with E-state index >= 15 is 0 Å². The van der Waals surface area contributed by atoms with Crippen LogP contribution in [0.15, 0.2) is 64.6 Å². The normalized spacial score (nSPS) is 16.9. The summed E-state index contributed by atoms with van der Waals surface area (Å²) in [6.07, 6.45) is 18.9. The van der Waals surface area contributed by atoms with Crippen LogP contribution in [-0.2, 0) is 9.84 Å². The zero-order chi connectivity index (χ0) is 26.1. The monoisotopic (exact) mass is 587 g/mol. The lowest BCUT2D eigenvalue weighted by atomic mass is 9.98. The maximum absolute atomic E-state index is 11.5. The molecule has 0 bridgehead atoms. The number of aromatic nitrogens is 3. The maximum Gasteiger partial charge on any atom is 0.192 e. The molecule has 0 radical (unpaired) electrons. The molecule has 9 heteroatoms. The van der Waals surface area contributed by atoms with Gasteiger partial charge in [-0.3, -0.25) is 4.98 Å². The van der Waals surface area contributed by atoms with Crippen LogP contribution in [0.4, 0.5) is 0 Å². The fraction of sp³-hybridized carbons (Fsp3) is 0.464. The molecule has 2 aliphatic rings. The van der Waals surface area contributed by atoms with Gasteiger partial charge in [-0.1, -0.05) is 12.8 Å². The molecule has 0 atom stereocenters. The molecule has 5 rings (SSSR count). The van der Waals surface area contributed by atoms with Gasteiger partial charge in [0.2, 0.25) is 0 Å². The molecule has 3 aromatic rings. The van der Waals surface area contributed by atoms with Crippen LogP contribution in [0, 0.1) is 0 Å². The maximum atomic E-state index is 11.5. The first kappa shape index (κ1) is 27.5. The Kier molecular flexibility index (Phi) is 9.91. The van der Waals surface area contributed by atoms with Gasteiger partial charge in [0.15, 0.2) is 20.6 Å². The van der Waals surface area contributed by atoms with Crippen LogP contribution in [0.3, 0.4) is 0 Å². The van der Waals surface area contributed by atoms with E-state index < -0.39 is 9.84 Å². The number of halogens is 1. The summed E-state index contributed by atoms with van der Waals surface area (Å²) in [4.78, 5) is 12.6. The molecule has 0 aliphatic heterocycles. The third-order valence-electron chi connectivity index (χ3n) is 6.58. The molecular formula is C28H34BrN3O4S. The highest BCUT2D eigenvalue weighted by Gasteiger charge is 2.18. The Hall–Kier alpha value is -2.52. The molecule has 3 aromatic heterocycles. The van der Waals surface area contributed by atoms with Crippen molar-refractivity contribution >= 4 is 25.8 Å². The van der Waals surface area contributed by atoms with Crippen LogP contribution in [0.5, 0.6) is 11.5 Å². The van der Waals surface area contributed by atoms with Crippen molar-refractivity contribution in [2.24, 2.45) is 0 Å². The molecule has 0 N–H and O–H groups in total.